The number of hydrogen-bond donors (Lipinski definition) is 1. The van der Waals surface area contributed by atoms with Gasteiger partial charge in [0.05, 0.1) is 5.41 Å². The van der Waals surface area contributed by atoms with Crippen LogP contribution in [0.25, 0.3) is 0 Å². The van der Waals surface area contributed by atoms with Crippen LogP contribution in [0.1, 0.15) is 18.4 Å². The summed E-state index contributed by atoms with van der Waals surface area (Å²) in [5.41, 5.74) is 0.283. The highest BCUT2D eigenvalue weighted by Gasteiger charge is 2.51. The standard InChI is InChI=1S/C13H18O3Si/c1-17(2,3)16-11-6-4-10(5-7-11)13(8-9-13)12(14)15/h4-7H,8-9H2,1-3H3,(H,14,15). The van der Waals surface area contributed by atoms with Crippen LogP contribution in [0, 0.1) is 0 Å². The highest BCUT2D eigenvalue weighted by molar-refractivity contribution is 6.70. The number of rotatable bonds is 4. The Morgan fingerprint density at radius 1 is 1.24 bits per heavy atom. The largest absolute Gasteiger partial charge is 0.544 e. The maximum atomic E-state index is 11.2. The fourth-order valence-corrected chi connectivity index (χ4v) is 2.79. The van der Waals surface area contributed by atoms with Crippen molar-refractivity contribution in [3.8, 4) is 5.75 Å². The minimum absolute atomic E-state index is 0.613. The fraction of sp³-hybridized carbons (Fsp3) is 0.462. The van der Waals surface area contributed by atoms with Crippen LogP contribution in [-0.2, 0) is 10.2 Å². The molecule has 0 saturated heterocycles. The molecule has 0 heterocycles. The molecule has 1 saturated carbocycles. The summed E-state index contributed by atoms with van der Waals surface area (Å²) >= 11 is 0. The molecule has 3 nitrogen and oxygen atoms in total. The molecule has 2 rings (SSSR count). The number of benzene rings is 1. The minimum atomic E-state index is -1.58. The summed E-state index contributed by atoms with van der Waals surface area (Å²) in [7, 11) is -1.58. The highest BCUT2D eigenvalue weighted by atomic mass is 28.4. The maximum absolute atomic E-state index is 11.2. The third-order valence-electron chi connectivity index (χ3n) is 2.99. The second-order valence-electron chi connectivity index (χ2n) is 5.63. The zero-order chi connectivity index (χ0) is 12.7. The average Bonchev–Trinajstić information content (AvgIpc) is 2.97. The van der Waals surface area contributed by atoms with E-state index in [4.69, 9.17) is 4.43 Å². The van der Waals surface area contributed by atoms with E-state index in [1.165, 1.54) is 0 Å². The van der Waals surface area contributed by atoms with E-state index in [1.807, 2.05) is 24.3 Å². The Hall–Kier alpha value is -1.29. The second kappa shape index (κ2) is 3.87. The summed E-state index contributed by atoms with van der Waals surface area (Å²) in [4.78, 5) is 11.2. The molecule has 1 aliphatic carbocycles. The first-order chi connectivity index (χ1) is 7.83. The molecule has 1 aromatic carbocycles. The predicted molar refractivity (Wildman–Crippen MR) is 69.0 cm³/mol. The molecule has 1 aliphatic rings. The van der Waals surface area contributed by atoms with Gasteiger partial charge in [0.2, 0.25) is 8.32 Å². The van der Waals surface area contributed by atoms with Gasteiger partial charge in [-0.1, -0.05) is 12.1 Å². The van der Waals surface area contributed by atoms with Crippen molar-refractivity contribution in [2.24, 2.45) is 0 Å². The molecule has 0 aromatic heterocycles. The lowest BCUT2D eigenvalue weighted by atomic mass is 9.96. The second-order valence-corrected chi connectivity index (χ2v) is 10.1. The first-order valence-electron chi connectivity index (χ1n) is 5.86. The van der Waals surface area contributed by atoms with Crippen molar-refractivity contribution in [2.75, 3.05) is 0 Å². The molecule has 17 heavy (non-hydrogen) atoms. The van der Waals surface area contributed by atoms with Gasteiger partial charge in [-0.2, -0.15) is 0 Å². The van der Waals surface area contributed by atoms with Gasteiger partial charge in [-0.3, -0.25) is 4.79 Å². The van der Waals surface area contributed by atoms with E-state index in [1.54, 1.807) is 0 Å². The summed E-state index contributed by atoms with van der Waals surface area (Å²) in [6.45, 7) is 6.38. The Kier molecular flexibility index (Phi) is 2.77. The topological polar surface area (TPSA) is 46.5 Å². The van der Waals surface area contributed by atoms with E-state index in [9.17, 15) is 9.90 Å². The lowest BCUT2D eigenvalue weighted by molar-refractivity contribution is -0.140. The minimum Gasteiger partial charge on any atom is -0.544 e. The third-order valence-corrected chi connectivity index (χ3v) is 3.84. The van der Waals surface area contributed by atoms with Gasteiger partial charge < -0.3 is 9.53 Å². The maximum Gasteiger partial charge on any atom is 0.314 e. The Morgan fingerprint density at radius 2 is 1.76 bits per heavy atom. The molecule has 0 bridgehead atoms. The van der Waals surface area contributed by atoms with Crippen molar-refractivity contribution in [3.05, 3.63) is 29.8 Å². The molecular weight excluding hydrogens is 232 g/mol. The molecule has 1 fully saturated rings. The van der Waals surface area contributed by atoms with Crippen LogP contribution in [0.4, 0.5) is 0 Å². The van der Waals surface area contributed by atoms with Crippen LogP contribution < -0.4 is 4.43 Å². The van der Waals surface area contributed by atoms with E-state index < -0.39 is 19.7 Å². The van der Waals surface area contributed by atoms with Gasteiger partial charge in [-0.15, -0.1) is 0 Å². The Balaban J connectivity index is 2.17. The van der Waals surface area contributed by atoms with Crippen molar-refractivity contribution in [1.82, 2.24) is 0 Å². The molecule has 1 N–H and O–H groups in total. The molecule has 0 atom stereocenters. The van der Waals surface area contributed by atoms with Crippen molar-refractivity contribution >= 4 is 14.3 Å². The van der Waals surface area contributed by atoms with Crippen LogP contribution in [0.15, 0.2) is 24.3 Å². The van der Waals surface area contributed by atoms with Crippen LogP contribution in [0.3, 0.4) is 0 Å². The number of aliphatic carboxylic acids is 1. The number of carboxylic acid groups (broad SMARTS) is 1. The fourth-order valence-electron chi connectivity index (χ4n) is 1.95. The Morgan fingerprint density at radius 3 is 2.12 bits per heavy atom. The first kappa shape index (κ1) is 12.2. The quantitative estimate of drug-likeness (QED) is 0.836. The summed E-state index contributed by atoms with van der Waals surface area (Å²) in [5, 5.41) is 9.19. The summed E-state index contributed by atoms with van der Waals surface area (Å²) in [6.07, 6.45) is 1.49. The van der Waals surface area contributed by atoms with Crippen molar-refractivity contribution in [2.45, 2.75) is 37.9 Å². The van der Waals surface area contributed by atoms with Crippen molar-refractivity contribution in [1.29, 1.82) is 0 Å². The van der Waals surface area contributed by atoms with Gasteiger partial charge in [0.25, 0.3) is 0 Å². The lowest BCUT2D eigenvalue weighted by Crippen LogP contribution is -2.29. The first-order valence-corrected chi connectivity index (χ1v) is 9.27. The van der Waals surface area contributed by atoms with Crippen LogP contribution >= 0.6 is 0 Å². The van der Waals surface area contributed by atoms with Crippen LogP contribution in [0.5, 0.6) is 5.75 Å². The molecule has 0 spiro atoms. The van der Waals surface area contributed by atoms with Crippen molar-refractivity contribution < 1.29 is 14.3 Å². The van der Waals surface area contributed by atoms with E-state index in [0.717, 1.165) is 24.2 Å². The number of hydrogen-bond acceptors (Lipinski definition) is 2. The molecule has 0 aliphatic heterocycles. The summed E-state index contributed by atoms with van der Waals surface area (Å²) < 4.78 is 5.84. The lowest BCUT2D eigenvalue weighted by Gasteiger charge is -2.19. The van der Waals surface area contributed by atoms with E-state index in [2.05, 4.69) is 19.6 Å². The third kappa shape index (κ3) is 2.52. The molecular formula is C13H18O3Si. The van der Waals surface area contributed by atoms with E-state index in [0.29, 0.717) is 0 Å². The van der Waals surface area contributed by atoms with Gasteiger partial charge in [-0.05, 0) is 50.2 Å². The van der Waals surface area contributed by atoms with Crippen molar-refractivity contribution in [3.63, 3.8) is 0 Å². The Labute approximate surface area is 103 Å². The number of carbonyl (C=O) groups is 1. The van der Waals surface area contributed by atoms with Gasteiger partial charge in [-0.25, -0.2) is 0 Å². The number of carboxylic acids is 1. The smallest absolute Gasteiger partial charge is 0.314 e. The van der Waals surface area contributed by atoms with E-state index >= 15 is 0 Å². The van der Waals surface area contributed by atoms with Gasteiger partial charge in [0.1, 0.15) is 5.75 Å². The summed E-state index contributed by atoms with van der Waals surface area (Å²) in [5.74, 6) is 0.130. The van der Waals surface area contributed by atoms with Crippen LogP contribution in [0.2, 0.25) is 19.6 Å². The van der Waals surface area contributed by atoms with E-state index in [-0.39, 0.29) is 0 Å². The van der Waals surface area contributed by atoms with Gasteiger partial charge >= 0.3 is 5.97 Å². The zero-order valence-corrected chi connectivity index (χ0v) is 11.5. The average molecular weight is 250 g/mol. The summed E-state index contributed by atoms with van der Waals surface area (Å²) in [6, 6.07) is 7.54. The normalized spacial score (nSPS) is 17.6. The van der Waals surface area contributed by atoms with Gasteiger partial charge in [0, 0.05) is 0 Å². The molecule has 1 aromatic rings. The van der Waals surface area contributed by atoms with Crippen LogP contribution in [-0.4, -0.2) is 19.4 Å². The van der Waals surface area contributed by atoms with Gasteiger partial charge in [0.15, 0.2) is 0 Å². The Bertz CT molecular complexity index is 427. The monoisotopic (exact) mass is 250 g/mol. The molecule has 92 valence electrons. The zero-order valence-electron chi connectivity index (χ0n) is 10.5. The highest BCUT2D eigenvalue weighted by Crippen LogP contribution is 2.48. The SMILES string of the molecule is C[Si](C)(C)Oc1ccc(C2(C(=O)O)CC2)cc1. The molecule has 4 heteroatoms. The predicted octanol–water partition coefficient (Wildman–Crippen LogP) is 3.02. The molecule has 0 radical (unpaired) electrons. The molecule has 0 amide bonds. The molecule has 0 unspecified atom stereocenters.